The van der Waals surface area contributed by atoms with Crippen LogP contribution in [0.4, 0.5) is 5.69 Å². The number of benzodiazepines with no additional fused rings is 1. The van der Waals surface area contributed by atoms with Crippen LogP contribution < -0.4 is 11.1 Å². The predicted molar refractivity (Wildman–Crippen MR) is 117 cm³/mol. The van der Waals surface area contributed by atoms with Gasteiger partial charge < -0.3 is 15.8 Å². The van der Waals surface area contributed by atoms with Gasteiger partial charge in [0.05, 0.1) is 11.4 Å². The fraction of sp³-hybridized carbons (Fsp3) is 0.286. The van der Waals surface area contributed by atoms with Crippen LogP contribution in [0.2, 0.25) is 5.02 Å². The molecule has 3 rings (SSSR count). The number of carbonyl (C=O) groups excluding carboxylic acids is 2. The smallest absolute Gasteiger partial charge is 0.308 e. The molecule has 3 N–H and O–H groups in total. The normalized spacial score (nSPS) is 15.8. The van der Waals surface area contributed by atoms with Gasteiger partial charge in [-0.3, -0.25) is 9.59 Å². The molecule has 0 aliphatic carbocycles. The highest BCUT2D eigenvalue weighted by Gasteiger charge is 2.29. The number of carbonyl (C=O) groups is 2. The van der Waals surface area contributed by atoms with E-state index in [4.69, 9.17) is 22.1 Å². The number of fused-ring (bicyclic) bond motifs is 1. The van der Waals surface area contributed by atoms with Gasteiger partial charge in [0.15, 0.2) is 0 Å². The van der Waals surface area contributed by atoms with Crippen molar-refractivity contribution >= 4 is 50.8 Å². The molecule has 0 fully saturated rings. The number of amides is 1. The van der Waals surface area contributed by atoms with Crippen LogP contribution in [0.3, 0.4) is 0 Å². The Balaban J connectivity index is 1.94. The van der Waals surface area contributed by atoms with Crippen LogP contribution in [-0.4, -0.2) is 30.4 Å². The average molecular weight is 479 g/mol. The van der Waals surface area contributed by atoms with Crippen LogP contribution >= 0.6 is 27.5 Å². The number of hydrogen-bond donors (Lipinski definition) is 2. The second-order valence-corrected chi connectivity index (χ2v) is 7.90. The number of aliphatic imine (C=N–C) groups is 1. The van der Waals surface area contributed by atoms with Crippen molar-refractivity contribution < 1.29 is 14.3 Å². The Bertz CT molecular complexity index is 949. The molecule has 29 heavy (non-hydrogen) atoms. The third kappa shape index (κ3) is 5.44. The number of nitrogens with one attached hydrogen (secondary N) is 1. The minimum Gasteiger partial charge on any atom is -0.430 e. The van der Waals surface area contributed by atoms with Gasteiger partial charge in [-0.1, -0.05) is 52.2 Å². The average Bonchev–Trinajstić information content (AvgIpc) is 2.82. The number of esters is 1. The van der Waals surface area contributed by atoms with Gasteiger partial charge in [-0.25, -0.2) is 4.99 Å². The summed E-state index contributed by atoms with van der Waals surface area (Å²) in [6, 6.07) is 12.6. The zero-order chi connectivity index (χ0) is 20.8. The van der Waals surface area contributed by atoms with E-state index >= 15 is 0 Å². The molecule has 1 heterocycles. The van der Waals surface area contributed by atoms with Gasteiger partial charge in [-0.15, -0.1) is 0 Å². The number of unbranched alkanes of at least 4 members (excludes halogenated alkanes) is 2. The van der Waals surface area contributed by atoms with Crippen molar-refractivity contribution in [2.24, 2.45) is 10.7 Å². The maximum absolute atomic E-state index is 12.7. The van der Waals surface area contributed by atoms with Gasteiger partial charge >= 0.3 is 5.97 Å². The molecule has 1 atom stereocenters. The molecule has 0 bridgehead atoms. The van der Waals surface area contributed by atoms with Crippen LogP contribution in [0, 0.1) is 0 Å². The van der Waals surface area contributed by atoms with Crippen LogP contribution in [0.15, 0.2) is 51.9 Å². The van der Waals surface area contributed by atoms with E-state index in [1.807, 2.05) is 30.3 Å². The molecule has 0 spiro atoms. The second kappa shape index (κ2) is 10.0. The molecule has 1 aliphatic heterocycles. The van der Waals surface area contributed by atoms with E-state index in [0.717, 1.165) is 17.3 Å². The number of ether oxygens (including phenoxy) is 1. The molecular weight excluding hydrogens is 458 g/mol. The highest BCUT2D eigenvalue weighted by molar-refractivity contribution is 9.10. The molecule has 1 aliphatic rings. The summed E-state index contributed by atoms with van der Waals surface area (Å²) < 4.78 is 6.21. The van der Waals surface area contributed by atoms with Gasteiger partial charge in [-0.2, -0.15) is 0 Å². The van der Waals surface area contributed by atoms with Gasteiger partial charge in [0.25, 0.3) is 12.1 Å². The second-order valence-electron chi connectivity index (χ2n) is 6.58. The summed E-state index contributed by atoms with van der Waals surface area (Å²) in [6.07, 6.45) is 1.24. The number of benzene rings is 2. The third-order valence-corrected chi connectivity index (χ3v) is 5.25. The van der Waals surface area contributed by atoms with Crippen molar-refractivity contribution in [2.45, 2.75) is 31.9 Å². The molecular formula is C21H21BrClN3O3. The van der Waals surface area contributed by atoms with E-state index in [-0.39, 0.29) is 6.42 Å². The summed E-state index contributed by atoms with van der Waals surface area (Å²) in [5, 5.41) is 3.27. The largest absolute Gasteiger partial charge is 0.430 e. The summed E-state index contributed by atoms with van der Waals surface area (Å²) in [4.78, 5) is 29.4. The Hall–Kier alpha value is -2.22. The standard InChI is InChI=1S/C21H21BrClN3O3/c22-13-9-10-17-15(12-13)19(14-6-3-4-7-16(14)23)26-21(20(28)25-17)29-18(27)8-2-1-5-11-24/h3-4,6-7,9-10,12,21H,1-2,5,8,11,24H2,(H,25,28)/t21-/m0/s1. The number of halogens is 2. The first-order valence-corrected chi connectivity index (χ1v) is 10.5. The Kier molecular flexibility index (Phi) is 7.41. The SMILES string of the molecule is NCCCCCC(=O)O[C@@H]1N=C(c2ccccc2Cl)c2cc(Br)ccc2NC1=O. The number of hydrogen-bond acceptors (Lipinski definition) is 5. The van der Waals surface area contributed by atoms with Crippen molar-refractivity contribution in [3.63, 3.8) is 0 Å². The zero-order valence-electron chi connectivity index (χ0n) is 15.7. The minimum atomic E-state index is -1.30. The Morgan fingerprint density at radius 1 is 1.17 bits per heavy atom. The summed E-state index contributed by atoms with van der Waals surface area (Å²) >= 11 is 9.84. The van der Waals surface area contributed by atoms with Gasteiger partial charge in [0.1, 0.15) is 0 Å². The third-order valence-electron chi connectivity index (χ3n) is 4.42. The van der Waals surface area contributed by atoms with Crippen molar-refractivity contribution in [1.29, 1.82) is 0 Å². The number of anilines is 1. The molecule has 0 aromatic heterocycles. The van der Waals surface area contributed by atoms with Crippen molar-refractivity contribution in [1.82, 2.24) is 0 Å². The lowest BCUT2D eigenvalue weighted by Gasteiger charge is -2.13. The Morgan fingerprint density at radius 2 is 1.97 bits per heavy atom. The van der Waals surface area contributed by atoms with Crippen LogP contribution in [0.5, 0.6) is 0 Å². The lowest BCUT2D eigenvalue weighted by Crippen LogP contribution is -2.30. The first-order chi connectivity index (χ1) is 14.0. The number of rotatable bonds is 7. The molecule has 152 valence electrons. The first kappa shape index (κ1) is 21.5. The van der Waals surface area contributed by atoms with Crippen molar-refractivity contribution in [3.8, 4) is 0 Å². The molecule has 0 radical (unpaired) electrons. The minimum absolute atomic E-state index is 0.208. The molecule has 8 heteroatoms. The lowest BCUT2D eigenvalue weighted by atomic mass is 10.0. The Morgan fingerprint density at radius 3 is 2.72 bits per heavy atom. The molecule has 0 unspecified atom stereocenters. The summed E-state index contributed by atoms with van der Waals surface area (Å²) in [7, 11) is 0. The zero-order valence-corrected chi connectivity index (χ0v) is 18.0. The van der Waals surface area contributed by atoms with E-state index in [2.05, 4.69) is 26.2 Å². The van der Waals surface area contributed by atoms with Gasteiger partial charge in [0, 0.05) is 27.0 Å². The monoisotopic (exact) mass is 477 g/mol. The topological polar surface area (TPSA) is 93.8 Å². The molecule has 2 aromatic rings. The maximum atomic E-state index is 12.7. The summed E-state index contributed by atoms with van der Waals surface area (Å²) in [5.74, 6) is -0.984. The molecule has 0 saturated heterocycles. The van der Waals surface area contributed by atoms with E-state index in [9.17, 15) is 9.59 Å². The van der Waals surface area contributed by atoms with Gasteiger partial charge in [0.2, 0.25) is 0 Å². The molecule has 1 amide bonds. The van der Waals surface area contributed by atoms with E-state index in [1.54, 1.807) is 12.1 Å². The lowest BCUT2D eigenvalue weighted by molar-refractivity contribution is -0.153. The molecule has 2 aromatic carbocycles. The van der Waals surface area contributed by atoms with E-state index < -0.39 is 18.1 Å². The molecule has 0 saturated carbocycles. The fourth-order valence-corrected chi connectivity index (χ4v) is 3.57. The van der Waals surface area contributed by atoms with Crippen molar-refractivity contribution in [3.05, 3.63) is 63.1 Å². The van der Waals surface area contributed by atoms with Crippen LogP contribution in [-0.2, 0) is 14.3 Å². The highest BCUT2D eigenvalue weighted by atomic mass is 79.9. The summed E-state index contributed by atoms with van der Waals surface area (Å²) in [5.41, 5.74) is 7.84. The quantitative estimate of drug-likeness (QED) is 0.459. The highest BCUT2D eigenvalue weighted by Crippen LogP contribution is 2.30. The fourth-order valence-electron chi connectivity index (χ4n) is 2.98. The number of nitrogens with two attached hydrogens (primary N) is 1. The van der Waals surface area contributed by atoms with Gasteiger partial charge in [-0.05, 0) is 43.7 Å². The first-order valence-electron chi connectivity index (χ1n) is 9.32. The van der Waals surface area contributed by atoms with Crippen LogP contribution in [0.1, 0.15) is 36.8 Å². The summed E-state index contributed by atoms with van der Waals surface area (Å²) in [6.45, 7) is 0.583. The Labute approximate surface area is 182 Å². The predicted octanol–water partition coefficient (Wildman–Crippen LogP) is 4.28. The molecule has 6 nitrogen and oxygen atoms in total. The van der Waals surface area contributed by atoms with E-state index in [1.165, 1.54) is 0 Å². The maximum Gasteiger partial charge on any atom is 0.308 e. The van der Waals surface area contributed by atoms with E-state index in [0.29, 0.717) is 40.5 Å². The van der Waals surface area contributed by atoms with Crippen LogP contribution in [0.25, 0.3) is 0 Å². The number of nitrogens with zero attached hydrogens (tertiary/aromatic N) is 1. The van der Waals surface area contributed by atoms with Crippen molar-refractivity contribution in [2.75, 3.05) is 11.9 Å².